The largest absolute Gasteiger partial charge is 0.346 e. The van der Waals surface area contributed by atoms with Crippen LogP contribution < -0.4 is 0 Å². The summed E-state index contributed by atoms with van der Waals surface area (Å²) in [7, 11) is 1.78. The topological polar surface area (TPSA) is 20.3 Å². The van der Waals surface area contributed by atoms with Crippen molar-refractivity contribution in [2.45, 2.75) is 13.8 Å². The van der Waals surface area contributed by atoms with Crippen molar-refractivity contribution < 1.29 is 4.79 Å². The Balaban J connectivity index is 3.34. The lowest BCUT2D eigenvalue weighted by Crippen LogP contribution is -2.22. The lowest BCUT2D eigenvalue weighted by atomic mass is 10.6. The zero-order valence-electron chi connectivity index (χ0n) is 5.06. The first-order chi connectivity index (χ1) is 3.18. The highest BCUT2D eigenvalue weighted by Gasteiger charge is 1.93. The van der Waals surface area contributed by atoms with Crippen LogP contribution in [0.5, 0.6) is 0 Å². The van der Waals surface area contributed by atoms with E-state index in [9.17, 15) is 4.79 Å². The predicted octanol–water partition coefficient (Wildman–Crippen LogP) is 0.485. The molecule has 0 aromatic rings. The summed E-state index contributed by atoms with van der Waals surface area (Å²) in [6.07, 6.45) is 0. The highest BCUT2D eigenvalue weighted by atomic mass is 16.2. The average molecular weight is 101 g/mol. The molecule has 0 bridgehead atoms. The van der Waals surface area contributed by atoms with Crippen LogP contribution in [0.2, 0.25) is 0 Å². The molecule has 0 aromatic carbocycles. The van der Waals surface area contributed by atoms with Crippen molar-refractivity contribution in [3.05, 3.63) is 0 Å². The summed E-state index contributed by atoms with van der Waals surface area (Å²) in [4.78, 5) is 12.0. The molecule has 0 radical (unpaired) electrons. The number of nitrogens with zero attached hydrogens (tertiary/aromatic N) is 1. The molecule has 0 saturated carbocycles. The highest BCUT2D eigenvalue weighted by Crippen LogP contribution is 1.78. The zero-order chi connectivity index (χ0) is 5.86. The molecule has 0 aliphatic heterocycles. The van der Waals surface area contributed by atoms with Gasteiger partial charge in [-0.1, -0.05) is 0 Å². The van der Waals surface area contributed by atoms with Gasteiger partial charge in [-0.05, 0) is 6.92 Å². The van der Waals surface area contributed by atoms with Gasteiger partial charge in [0.2, 0.25) is 5.91 Å². The molecule has 2 nitrogen and oxygen atoms in total. The quantitative estimate of drug-likeness (QED) is 0.470. The second-order valence-corrected chi connectivity index (χ2v) is 1.53. The number of rotatable bonds is 1. The summed E-state index contributed by atoms with van der Waals surface area (Å²) in [5.41, 5.74) is 0. The van der Waals surface area contributed by atoms with Gasteiger partial charge in [0.15, 0.2) is 0 Å². The Morgan fingerprint density at radius 1 is 1.71 bits per heavy atom. The van der Waals surface area contributed by atoms with Crippen molar-refractivity contribution in [2.24, 2.45) is 0 Å². The van der Waals surface area contributed by atoms with Gasteiger partial charge in [-0.15, -0.1) is 0 Å². The third-order valence-corrected chi connectivity index (χ3v) is 1.01. The predicted molar refractivity (Wildman–Crippen MR) is 29.0 cm³/mol. The van der Waals surface area contributed by atoms with Gasteiger partial charge in [0.25, 0.3) is 0 Å². The molecule has 42 valence electrons. The Morgan fingerprint density at radius 2 is 2.14 bits per heavy atom. The zero-order valence-corrected chi connectivity index (χ0v) is 5.06. The molecular weight excluding hydrogens is 90.1 g/mol. The third-order valence-electron chi connectivity index (χ3n) is 1.01. The highest BCUT2D eigenvalue weighted by molar-refractivity contribution is 5.72. The maximum atomic E-state index is 10.3. The van der Waals surface area contributed by atoms with Crippen molar-refractivity contribution in [3.63, 3.8) is 0 Å². The van der Waals surface area contributed by atoms with E-state index in [1.807, 2.05) is 6.92 Å². The summed E-state index contributed by atoms with van der Waals surface area (Å²) in [5.74, 6) is 0.127. The molecule has 0 atom stereocenters. The van der Waals surface area contributed by atoms with E-state index in [0.29, 0.717) is 0 Å². The molecule has 0 saturated heterocycles. The van der Waals surface area contributed by atoms with Crippen LogP contribution in [0.15, 0.2) is 0 Å². The van der Waals surface area contributed by atoms with Crippen LogP contribution in [-0.2, 0) is 4.79 Å². The fourth-order valence-corrected chi connectivity index (χ4v) is 0.223. The minimum atomic E-state index is 0.127. The van der Waals surface area contributed by atoms with Crippen LogP contribution in [0.4, 0.5) is 0 Å². The summed E-state index contributed by atoms with van der Waals surface area (Å²) in [6, 6.07) is 0. The van der Waals surface area contributed by atoms with Crippen LogP contribution in [0.1, 0.15) is 13.8 Å². The molecular formula is C5H11NO. The lowest BCUT2D eigenvalue weighted by molar-refractivity contribution is -0.127. The fourth-order valence-electron chi connectivity index (χ4n) is 0.223. The second kappa shape index (κ2) is 2.61. The Morgan fingerprint density at radius 3 is 2.14 bits per heavy atom. The number of amides is 1. The molecule has 2 heteroatoms. The summed E-state index contributed by atoms with van der Waals surface area (Å²) in [6.45, 7) is 4.31. The Kier molecular flexibility index (Phi) is 2.41. The van der Waals surface area contributed by atoms with Gasteiger partial charge >= 0.3 is 0 Å². The summed E-state index contributed by atoms with van der Waals surface area (Å²) < 4.78 is 0. The van der Waals surface area contributed by atoms with Crippen LogP contribution >= 0.6 is 0 Å². The molecule has 0 rings (SSSR count). The first-order valence-corrected chi connectivity index (χ1v) is 2.40. The fraction of sp³-hybridized carbons (Fsp3) is 0.800. The summed E-state index contributed by atoms with van der Waals surface area (Å²) >= 11 is 0. The first-order valence-electron chi connectivity index (χ1n) is 2.40. The molecule has 0 aliphatic rings. The molecule has 7 heavy (non-hydrogen) atoms. The number of hydrogen-bond acceptors (Lipinski definition) is 1. The maximum absolute atomic E-state index is 10.3. The van der Waals surface area contributed by atoms with E-state index in [1.54, 1.807) is 18.9 Å². The maximum Gasteiger partial charge on any atom is 0.219 e. The molecule has 1 amide bonds. The van der Waals surface area contributed by atoms with Crippen molar-refractivity contribution >= 4 is 5.91 Å². The third kappa shape index (κ3) is 2.20. The van der Waals surface area contributed by atoms with Gasteiger partial charge in [0.1, 0.15) is 0 Å². The van der Waals surface area contributed by atoms with Gasteiger partial charge in [-0.2, -0.15) is 0 Å². The van der Waals surface area contributed by atoms with E-state index in [4.69, 9.17) is 0 Å². The van der Waals surface area contributed by atoms with Crippen LogP contribution in [0, 0.1) is 0 Å². The lowest BCUT2D eigenvalue weighted by Gasteiger charge is -2.09. The van der Waals surface area contributed by atoms with Gasteiger partial charge in [0, 0.05) is 20.5 Å². The monoisotopic (exact) mass is 101 g/mol. The van der Waals surface area contributed by atoms with E-state index in [-0.39, 0.29) is 5.91 Å². The van der Waals surface area contributed by atoms with E-state index in [0.717, 1.165) is 6.54 Å². The second-order valence-electron chi connectivity index (χ2n) is 1.53. The van der Waals surface area contributed by atoms with Gasteiger partial charge in [-0.25, -0.2) is 0 Å². The van der Waals surface area contributed by atoms with Crippen LogP contribution in [0.25, 0.3) is 0 Å². The van der Waals surface area contributed by atoms with Crippen molar-refractivity contribution in [1.29, 1.82) is 0 Å². The number of carbonyl (C=O) groups excluding carboxylic acids is 1. The molecule has 0 fully saturated rings. The van der Waals surface area contributed by atoms with Crippen LogP contribution in [-0.4, -0.2) is 24.4 Å². The Bertz CT molecular complexity index is 70.5. The van der Waals surface area contributed by atoms with Gasteiger partial charge in [0.05, 0.1) is 0 Å². The molecule has 0 spiro atoms. The SMILES string of the molecule is CCN(C)C(C)=O. The Labute approximate surface area is 44.1 Å². The first kappa shape index (κ1) is 6.47. The van der Waals surface area contributed by atoms with E-state index in [2.05, 4.69) is 0 Å². The minimum Gasteiger partial charge on any atom is -0.346 e. The molecule has 0 unspecified atom stereocenters. The van der Waals surface area contributed by atoms with E-state index in [1.165, 1.54) is 0 Å². The summed E-state index contributed by atoms with van der Waals surface area (Å²) in [5, 5.41) is 0. The normalized spacial score (nSPS) is 8.43. The number of hydrogen-bond donors (Lipinski definition) is 0. The van der Waals surface area contributed by atoms with Gasteiger partial charge in [-0.3, -0.25) is 4.79 Å². The minimum absolute atomic E-state index is 0.127. The smallest absolute Gasteiger partial charge is 0.219 e. The van der Waals surface area contributed by atoms with E-state index >= 15 is 0 Å². The molecule has 0 aromatic heterocycles. The standard InChI is InChI=1S/C5H11NO/c1-4-6(3)5(2)7/h4H2,1-3H3. The average Bonchev–Trinajstić information content (AvgIpc) is 1.65. The molecule has 0 N–H and O–H groups in total. The van der Waals surface area contributed by atoms with Crippen molar-refractivity contribution in [3.8, 4) is 0 Å². The molecule has 0 heterocycles. The van der Waals surface area contributed by atoms with Crippen LogP contribution in [0.3, 0.4) is 0 Å². The number of carbonyl (C=O) groups is 1. The molecule has 0 aliphatic carbocycles. The van der Waals surface area contributed by atoms with Gasteiger partial charge < -0.3 is 4.90 Å². The Hall–Kier alpha value is -0.530. The van der Waals surface area contributed by atoms with E-state index < -0.39 is 0 Å². The van der Waals surface area contributed by atoms with Crippen molar-refractivity contribution in [1.82, 2.24) is 4.90 Å². The van der Waals surface area contributed by atoms with Crippen molar-refractivity contribution in [2.75, 3.05) is 13.6 Å².